The largest absolute Gasteiger partial charge is 0.378 e. The quantitative estimate of drug-likeness (QED) is 0.790. The summed E-state index contributed by atoms with van der Waals surface area (Å²) in [5.41, 5.74) is 7.30. The summed E-state index contributed by atoms with van der Waals surface area (Å²) in [4.78, 5) is 13.1. The number of nitrogens with one attached hydrogen (secondary N) is 1. The average molecular weight is 221 g/mol. The van der Waals surface area contributed by atoms with Crippen molar-refractivity contribution in [1.29, 1.82) is 0 Å². The van der Waals surface area contributed by atoms with E-state index in [4.69, 9.17) is 5.73 Å². The van der Waals surface area contributed by atoms with Gasteiger partial charge in [0.2, 0.25) is 5.91 Å². The van der Waals surface area contributed by atoms with Gasteiger partial charge in [-0.25, -0.2) is 0 Å². The lowest BCUT2D eigenvalue weighted by Gasteiger charge is -2.16. The van der Waals surface area contributed by atoms with Crippen LogP contribution in [0.15, 0.2) is 24.3 Å². The van der Waals surface area contributed by atoms with Crippen LogP contribution >= 0.6 is 0 Å². The molecule has 1 amide bonds. The number of primary amides is 1. The molecule has 1 aromatic rings. The highest BCUT2D eigenvalue weighted by molar-refractivity contribution is 5.82. The molecule has 0 saturated heterocycles. The van der Waals surface area contributed by atoms with Crippen molar-refractivity contribution in [1.82, 2.24) is 0 Å². The van der Waals surface area contributed by atoms with Gasteiger partial charge in [-0.2, -0.15) is 0 Å². The number of nitrogens with zero attached hydrogens (tertiary/aromatic N) is 1. The summed E-state index contributed by atoms with van der Waals surface area (Å²) in [7, 11) is 3.97. The van der Waals surface area contributed by atoms with Crippen LogP contribution in [-0.2, 0) is 4.79 Å². The molecule has 0 aliphatic heterocycles. The minimum Gasteiger partial charge on any atom is -0.378 e. The van der Waals surface area contributed by atoms with Gasteiger partial charge in [0.25, 0.3) is 0 Å². The zero-order valence-electron chi connectivity index (χ0n) is 10.0. The van der Waals surface area contributed by atoms with Crippen molar-refractivity contribution in [3.63, 3.8) is 0 Å². The normalized spacial score (nSPS) is 11.9. The van der Waals surface area contributed by atoms with Gasteiger partial charge in [0.05, 0.1) is 0 Å². The Labute approximate surface area is 96.4 Å². The maximum absolute atomic E-state index is 11.1. The zero-order chi connectivity index (χ0) is 12.1. The Bertz CT molecular complexity index is 346. The maximum atomic E-state index is 11.1. The summed E-state index contributed by atoms with van der Waals surface area (Å²) in [5, 5.41) is 3.10. The molecule has 0 aliphatic rings. The van der Waals surface area contributed by atoms with Gasteiger partial charge in [-0.05, 0) is 30.7 Å². The van der Waals surface area contributed by atoms with E-state index < -0.39 is 0 Å². The summed E-state index contributed by atoms with van der Waals surface area (Å²) in [6, 6.07) is 7.58. The fraction of sp³-hybridized carbons (Fsp3) is 0.417. The van der Waals surface area contributed by atoms with Gasteiger partial charge in [-0.3, -0.25) is 4.79 Å². The lowest BCUT2D eigenvalue weighted by molar-refractivity contribution is -0.118. The Kier molecular flexibility index (Phi) is 4.17. The smallest absolute Gasteiger partial charge is 0.239 e. The van der Waals surface area contributed by atoms with E-state index >= 15 is 0 Å². The molecule has 3 N–H and O–H groups in total. The molecular weight excluding hydrogens is 202 g/mol. The molecule has 0 bridgehead atoms. The van der Waals surface area contributed by atoms with E-state index in [-0.39, 0.29) is 11.9 Å². The van der Waals surface area contributed by atoms with E-state index in [1.165, 1.54) is 0 Å². The van der Waals surface area contributed by atoms with Gasteiger partial charge in [-0.1, -0.05) is 6.92 Å². The number of carbonyl (C=O) groups excluding carboxylic acids is 1. The van der Waals surface area contributed by atoms with Crippen LogP contribution in [0.2, 0.25) is 0 Å². The first-order valence-electron chi connectivity index (χ1n) is 5.37. The third kappa shape index (κ3) is 3.15. The molecule has 16 heavy (non-hydrogen) atoms. The van der Waals surface area contributed by atoms with E-state index in [2.05, 4.69) is 5.32 Å². The molecule has 0 spiro atoms. The molecule has 4 heteroatoms. The highest BCUT2D eigenvalue weighted by atomic mass is 16.1. The molecule has 4 nitrogen and oxygen atoms in total. The molecule has 88 valence electrons. The Hall–Kier alpha value is -1.71. The predicted molar refractivity (Wildman–Crippen MR) is 67.7 cm³/mol. The van der Waals surface area contributed by atoms with Gasteiger partial charge in [-0.15, -0.1) is 0 Å². The van der Waals surface area contributed by atoms with E-state index in [1.54, 1.807) is 0 Å². The van der Waals surface area contributed by atoms with Crippen LogP contribution in [-0.4, -0.2) is 26.0 Å². The highest BCUT2D eigenvalue weighted by Crippen LogP contribution is 2.16. The third-order valence-electron chi connectivity index (χ3n) is 2.48. The van der Waals surface area contributed by atoms with Crippen molar-refractivity contribution >= 4 is 17.3 Å². The van der Waals surface area contributed by atoms with Gasteiger partial charge >= 0.3 is 0 Å². The Morgan fingerprint density at radius 1 is 1.38 bits per heavy atom. The van der Waals surface area contributed by atoms with Gasteiger partial charge in [0.1, 0.15) is 6.04 Å². The Morgan fingerprint density at radius 3 is 2.31 bits per heavy atom. The second-order valence-electron chi connectivity index (χ2n) is 3.95. The van der Waals surface area contributed by atoms with Crippen LogP contribution in [0.25, 0.3) is 0 Å². The van der Waals surface area contributed by atoms with E-state index in [0.717, 1.165) is 11.4 Å². The van der Waals surface area contributed by atoms with Crippen LogP contribution in [0.3, 0.4) is 0 Å². The summed E-state index contributed by atoms with van der Waals surface area (Å²) >= 11 is 0. The molecular formula is C12H19N3O. The van der Waals surface area contributed by atoms with Crippen molar-refractivity contribution in [2.24, 2.45) is 5.73 Å². The predicted octanol–water partition coefficient (Wildman–Crippen LogP) is 1.43. The molecule has 1 rings (SSSR count). The fourth-order valence-corrected chi connectivity index (χ4v) is 1.43. The molecule has 0 saturated carbocycles. The van der Waals surface area contributed by atoms with Gasteiger partial charge < -0.3 is 16.0 Å². The van der Waals surface area contributed by atoms with Crippen LogP contribution in [0.5, 0.6) is 0 Å². The SMILES string of the molecule is CCC(Nc1ccc(N(C)C)cc1)C(N)=O. The number of benzene rings is 1. The standard InChI is InChI=1S/C12H19N3O/c1-4-11(12(13)16)14-9-5-7-10(8-6-9)15(2)3/h5-8,11,14H,4H2,1-3H3,(H2,13,16). The van der Waals surface area contributed by atoms with Gasteiger partial charge in [0, 0.05) is 25.5 Å². The van der Waals surface area contributed by atoms with Gasteiger partial charge in [0.15, 0.2) is 0 Å². The second-order valence-corrected chi connectivity index (χ2v) is 3.95. The molecule has 0 fully saturated rings. The van der Waals surface area contributed by atoms with Crippen LogP contribution in [0, 0.1) is 0 Å². The minimum atomic E-state index is -0.320. The first-order valence-corrected chi connectivity index (χ1v) is 5.37. The number of carbonyl (C=O) groups is 1. The number of hydrogen-bond acceptors (Lipinski definition) is 3. The molecule has 0 aromatic heterocycles. The van der Waals surface area contributed by atoms with Crippen molar-refractivity contribution in [2.75, 3.05) is 24.3 Å². The number of anilines is 2. The molecule has 0 heterocycles. The molecule has 0 radical (unpaired) electrons. The zero-order valence-corrected chi connectivity index (χ0v) is 10.0. The molecule has 1 unspecified atom stereocenters. The molecule has 0 aliphatic carbocycles. The third-order valence-corrected chi connectivity index (χ3v) is 2.48. The summed E-state index contributed by atoms with van der Waals surface area (Å²) in [5.74, 6) is -0.320. The number of rotatable bonds is 5. The number of hydrogen-bond donors (Lipinski definition) is 2. The Morgan fingerprint density at radius 2 is 1.94 bits per heavy atom. The number of nitrogens with two attached hydrogens (primary N) is 1. The first kappa shape index (κ1) is 12.4. The lowest BCUT2D eigenvalue weighted by atomic mass is 10.2. The maximum Gasteiger partial charge on any atom is 0.239 e. The fourth-order valence-electron chi connectivity index (χ4n) is 1.43. The topological polar surface area (TPSA) is 58.4 Å². The van der Waals surface area contributed by atoms with E-state index in [0.29, 0.717) is 6.42 Å². The van der Waals surface area contributed by atoms with Crippen LogP contribution < -0.4 is 16.0 Å². The lowest BCUT2D eigenvalue weighted by Crippen LogP contribution is -2.34. The molecule has 1 aromatic carbocycles. The van der Waals surface area contributed by atoms with Crippen molar-refractivity contribution < 1.29 is 4.79 Å². The summed E-state index contributed by atoms with van der Waals surface area (Å²) < 4.78 is 0. The van der Waals surface area contributed by atoms with E-state index in [1.807, 2.05) is 50.2 Å². The van der Waals surface area contributed by atoms with Crippen molar-refractivity contribution in [3.05, 3.63) is 24.3 Å². The molecule has 1 atom stereocenters. The van der Waals surface area contributed by atoms with E-state index in [9.17, 15) is 4.79 Å². The first-order chi connectivity index (χ1) is 7.54. The van der Waals surface area contributed by atoms with Crippen molar-refractivity contribution in [3.8, 4) is 0 Å². The van der Waals surface area contributed by atoms with Crippen molar-refractivity contribution in [2.45, 2.75) is 19.4 Å². The second kappa shape index (κ2) is 5.39. The monoisotopic (exact) mass is 221 g/mol. The average Bonchev–Trinajstić information content (AvgIpc) is 2.26. The summed E-state index contributed by atoms with van der Waals surface area (Å²) in [6.45, 7) is 1.93. The number of amides is 1. The summed E-state index contributed by atoms with van der Waals surface area (Å²) in [6.07, 6.45) is 0.685. The minimum absolute atomic E-state index is 0.301. The van der Waals surface area contributed by atoms with Crippen LogP contribution in [0.4, 0.5) is 11.4 Å². The highest BCUT2D eigenvalue weighted by Gasteiger charge is 2.11. The van der Waals surface area contributed by atoms with Crippen LogP contribution in [0.1, 0.15) is 13.3 Å². The Balaban J connectivity index is 2.71.